The fourth-order valence-corrected chi connectivity index (χ4v) is 1.63. The molecule has 0 aliphatic carbocycles. The first-order valence-corrected chi connectivity index (χ1v) is 4.99. The Bertz CT molecular complexity index is 237. The number of hydrogen-bond donors (Lipinski definition) is 2. The quantitative estimate of drug-likeness (QED) is 0.617. The van der Waals surface area contributed by atoms with Gasteiger partial charge in [0.1, 0.15) is 11.4 Å². The fourth-order valence-electron chi connectivity index (χ4n) is 0.543. The average molecular weight is 212 g/mol. The van der Waals surface area contributed by atoms with Gasteiger partial charge in [0.25, 0.3) is 0 Å². The standard InChI is InChI=1S/C6H16N2O4S/c1-5(2,7)11-13(9,10)12-6(3,4)8/h7-8H2,1-4H3. The van der Waals surface area contributed by atoms with Crippen LogP contribution in [-0.2, 0) is 18.8 Å². The summed E-state index contributed by atoms with van der Waals surface area (Å²) in [6, 6.07) is 0. The molecule has 13 heavy (non-hydrogen) atoms. The van der Waals surface area contributed by atoms with Crippen LogP contribution in [0.15, 0.2) is 0 Å². The molecule has 0 radical (unpaired) electrons. The van der Waals surface area contributed by atoms with Crippen LogP contribution < -0.4 is 11.5 Å². The molecule has 80 valence electrons. The van der Waals surface area contributed by atoms with Gasteiger partial charge in [0.15, 0.2) is 0 Å². The lowest BCUT2D eigenvalue weighted by molar-refractivity contribution is 0.0480. The van der Waals surface area contributed by atoms with Crippen LogP contribution in [0.3, 0.4) is 0 Å². The highest BCUT2D eigenvalue weighted by molar-refractivity contribution is 7.81. The molecule has 0 saturated carbocycles. The van der Waals surface area contributed by atoms with E-state index in [0.29, 0.717) is 0 Å². The van der Waals surface area contributed by atoms with E-state index in [1.54, 1.807) is 0 Å². The molecule has 0 aromatic rings. The molecule has 0 atom stereocenters. The minimum atomic E-state index is -4.15. The molecule has 0 spiro atoms. The summed E-state index contributed by atoms with van der Waals surface area (Å²) in [7, 11) is -4.15. The smallest absolute Gasteiger partial charge is 0.303 e. The lowest BCUT2D eigenvalue weighted by atomic mass is 10.4. The van der Waals surface area contributed by atoms with Crippen molar-refractivity contribution < 1.29 is 16.8 Å². The number of nitrogens with two attached hydrogens (primary N) is 2. The van der Waals surface area contributed by atoms with Crippen LogP contribution in [0, 0.1) is 0 Å². The summed E-state index contributed by atoms with van der Waals surface area (Å²) < 4.78 is 31.0. The topological polar surface area (TPSA) is 105 Å². The van der Waals surface area contributed by atoms with Crippen LogP contribution in [0.1, 0.15) is 27.7 Å². The predicted octanol–water partition coefficient (Wildman–Crippen LogP) is -0.346. The van der Waals surface area contributed by atoms with Crippen molar-refractivity contribution >= 4 is 10.4 Å². The van der Waals surface area contributed by atoms with Gasteiger partial charge in [0.05, 0.1) is 0 Å². The maximum Gasteiger partial charge on any atom is 0.403 e. The second-order valence-corrected chi connectivity index (χ2v) is 4.93. The van der Waals surface area contributed by atoms with E-state index >= 15 is 0 Å². The van der Waals surface area contributed by atoms with Gasteiger partial charge >= 0.3 is 10.4 Å². The van der Waals surface area contributed by atoms with Crippen LogP contribution in [0.2, 0.25) is 0 Å². The van der Waals surface area contributed by atoms with Gasteiger partial charge in [0.2, 0.25) is 0 Å². The van der Waals surface area contributed by atoms with Crippen molar-refractivity contribution in [1.82, 2.24) is 0 Å². The molecule has 0 fully saturated rings. The zero-order valence-electron chi connectivity index (χ0n) is 8.20. The zero-order chi connectivity index (χ0) is 10.9. The highest BCUT2D eigenvalue weighted by Gasteiger charge is 2.28. The van der Waals surface area contributed by atoms with Crippen molar-refractivity contribution in [2.45, 2.75) is 39.1 Å². The second kappa shape index (κ2) is 3.50. The molecule has 0 aliphatic rings. The first kappa shape index (κ1) is 12.8. The van der Waals surface area contributed by atoms with Gasteiger partial charge in [-0.05, 0) is 27.7 Å². The molecular formula is C6H16N2O4S. The van der Waals surface area contributed by atoms with Crippen molar-refractivity contribution in [2.75, 3.05) is 0 Å². The van der Waals surface area contributed by atoms with E-state index in [1.807, 2.05) is 0 Å². The lowest BCUT2D eigenvalue weighted by Gasteiger charge is -2.23. The van der Waals surface area contributed by atoms with Crippen molar-refractivity contribution in [3.05, 3.63) is 0 Å². The lowest BCUT2D eigenvalue weighted by Crippen LogP contribution is -2.43. The molecule has 0 rings (SSSR count). The summed E-state index contributed by atoms with van der Waals surface area (Å²) in [5.41, 5.74) is 8.01. The predicted molar refractivity (Wildman–Crippen MR) is 47.6 cm³/mol. The van der Waals surface area contributed by atoms with Crippen LogP contribution >= 0.6 is 0 Å². The molecule has 0 saturated heterocycles. The Morgan fingerprint density at radius 3 is 1.31 bits per heavy atom. The molecule has 0 amide bonds. The number of rotatable bonds is 4. The zero-order valence-corrected chi connectivity index (χ0v) is 9.01. The van der Waals surface area contributed by atoms with Gasteiger partial charge in [-0.1, -0.05) is 0 Å². The first-order valence-electron chi connectivity index (χ1n) is 3.65. The van der Waals surface area contributed by atoms with Gasteiger partial charge in [-0.2, -0.15) is 8.42 Å². The second-order valence-electron chi connectivity index (χ2n) is 3.78. The van der Waals surface area contributed by atoms with Gasteiger partial charge in [-0.25, -0.2) is 8.37 Å². The summed E-state index contributed by atoms with van der Waals surface area (Å²) in [5.74, 6) is 0. The molecule has 0 aromatic carbocycles. The summed E-state index contributed by atoms with van der Waals surface area (Å²) in [6.07, 6.45) is 0. The van der Waals surface area contributed by atoms with Crippen LogP contribution in [0.4, 0.5) is 0 Å². The van der Waals surface area contributed by atoms with Crippen LogP contribution in [0.25, 0.3) is 0 Å². The molecular weight excluding hydrogens is 196 g/mol. The summed E-state index contributed by atoms with van der Waals surface area (Å²) in [5, 5.41) is 0. The monoisotopic (exact) mass is 212 g/mol. The van der Waals surface area contributed by atoms with E-state index in [1.165, 1.54) is 27.7 Å². The molecule has 0 unspecified atom stereocenters. The normalized spacial score (nSPS) is 14.6. The first-order chi connectivity index (χ1) is 5.41. The Balaban J connectivity index is 4.46. The average Bonchev–Trinajstić information content (AvgIpc) is 1.43. The Morgan fingerprint density at radius 1 is 0.923 bits per heavy atom. The van der Waals surface area contributed by atoms with E-state index in [0.717, 1.165) is 0 Å². The molecule has 0 aromatic heterocycles. The SMILES string of the molecule is CC(C)(N)OS(=O)(=O)OC(C)(C)N. The van der Waals surface area contributed by atoms with Crippen molar-refractivity contribution in [2.24, 2.45) is 11.5 Å². The van der Waals surface area contributed by atoms with Crippen molar-refractivity contribution in [3.63, 3.8) is 0 Å². The minimum absolute atomic E-state index is 1.32. The van der Waals surface area contributed by atoms with Crippen molar-refractivity contribution in [3.8, 4) is 0 Å². The Morgan fingerprint density at radius 2 is 1.15 bits per heavy atom. The largest absolute Gasteiger partial charge is 0.403 e. The third-order valence-electron chi connectivity index (χ3n) is 0.634. The van der Waals surface area contributed by atoms with Gasteiger partial charge in [-0.15, -0.1) is 0 Å². The third kappa shape index (κ3) is 8.13. The molecule has 0 bridgehead atoms. The van der Waals surface area contributed by atoms with E-state index < -0.39 is 21.8 Å². The van der Waals surface area contributed by atoms with E-state index in [9.17, 15) is 8.42 Å². The maximum absolute atomic E-state index is 11.1. The van der Waals surface area contributed by atoms with E-state index in [4.69, 9.17) is 11.5 Å². The summed E-state index contributed by atoms with van der Waals surface area (Å²) in [4.78, 5) is 0. The summed E-state index contributed by atoms with van der Waals surface area (Å²) >= 11 is 0. The van der Waals surface area contributed by atoms with E-state index in [2.05, 4.69) is 8.37 Å². The number of hydrogen-bond acceptors (Lipinski definition) is 6. The molecule has 0 aliphatic heterocycles. The Kier molecular flexibility index (Phi) is 3.45. The summed E-state index contributed by atoms with van der Waals surface area (Å²) in [6.45, 7) is 5.55. The highest BCUT2D eigenvalue weighted by atomic mass is 32.3. The van der Waals surface area contributed by atoms with Gasteiger partial charge in [0, 0.05) is 0 Å². The van der Waals surface area contributed by atoms with E-state index in [-0.39, 0.29) is 0 Å². The molecule has 7 heteroatoms. The Labute approximate surface area is 78.5 Å². The Hall–Kier alpha value is -0.210. The van der Waals surface area contributed by atoms with Crippen LogP contribution in [-0.4, -0.2) is 19.9 Å². The molecule has 6 nitrogen and oxygen atoms in total. The third-order valence-corrected chi connectivity index (χ3v) is 1.90. The van der Waals surface area contributed by atoms with Crippen molar-refractivity contribution in [1.29, 1.82) is 0 Å². The van der Waals surface area contributed by atoms with Gasteiger partial charge < -0.3 is 11.5 Å². The highest BCUT2D eigenvalue weighted by Crippen LogP contribution is 2.12. The van der Waals surface area contributed by atoms with Gasteiger partial charge in [-0.3, -0.25) is 0 Å². The van der Waals surface area contributed by atoms with Crippen LogP contribution in [0.5, 0.6) is 0 Å². The maximum atomic E-state index is 11.1. The fraction of sp³-hybridized carbons (Fsp3) is 1.00. The molecule has 0 heterocycles. The minimum Gasteiger partial charge on any atom is -0.303 e. The molecule has 4 N–H and O–H groups in total.